The van der Waals surface area contributed by atoms with Gasteiger partial charge in [-0.15, -0.1) is 0 Å². The number of rotatable bonds is 4. The van der Waals surface area contributed by atoms with Gasteiger partial charge in [0.15, 0.2) is 0 Å². The van der Waals surface area contributed by atoms with Crippen molar-refractivity contribution in [3.8, 4) is 0 Å². The Hall–Kier alpha value is -1.59. The monoisotopic (exact) mass is 394 g/mol. The first-order valence-electron chi connectivity index (χ1n) is 5.89. The van der Waals surface area contributed by atoms with Gasteiger partial charge in [0.2, 0.25) is 0 Å². The molecule has 0 spiro atoms. The van der Waals surface area contributed by atoms with Crippen LogP contribution in [0.25, 0.3) is 6.08 Å². The summed E-state index contributed by atoms with van der Waals surface area (Å²) in [5, 5.41) is 0. The third-order valence-electron chi connectivity index (χ3n) is 2.50. The Labute approximate surface area is 134 Å². The molecule has 0 heterocycles. The average Bonchev–Trinajstić information content (AvgIpc) is 2.44. The molecule has 0 fully saturated rings. The first-order chi connectivity index (χ1) is 9.65. The van der Waals surface area contributed by atoms with Crippen LogP contribution in [-0.4, -0.2) is 5.91 Å². The molecule has 0 aliphatic rings. The molecular weight excluding hydrogens is 384 g/mol. The van der Waals surface area contributed by atoms with E-state index in [1.54, 1.807) is 18.3 Å². The van der Waals surface area contributed by atoms with Crippen LogP contribution in [0.2, 0.25) is 0 Å². The molecule has 0 aliphatic heterocycles. The van der Waals surface area contributed by atoms with E-state index in [1.807, 2.05) is 42.5 Å². The summed E-state index contributed by atoms with van der Waals surface area (Å²) in [7, 11) is 0. The van der Waals surface area contributed by atoms with Crippen molar-refractivity contribution in [1.82, 2.24) is 10.9 Å². The summed E-state index contributed by atoms with van der Waals surface area (Å²) < 4.78 is 1.95. The fourth-order valence-electron chi connectivity index (χ4n) is 1.53. The third-order valence-corrected chi connectivity index (χ3v) is 3.52. The van der Waals surface area contributed by atoms with E-state index in [0.717, 1.165) is 14.5 Å². The fraction of sp³-hybridized carbons (Fsp3) is 0. The molecule has 0 aliphatic carbocycles. The van der Waals surface area contributed by atoms with E-state index in [4.69, 9.17) is 0 Å². The quantitative estimate of drug-likeness (QED) is 0.764. The van der Waals surface area contributed by atoms with Crippen LogP contribution >= 0.6 is 31.9 Å². The van der Waals surface area contributed by atoms with Crippen LogP contribution in [0.4, 0.5) is 0 Å². The number of hydrazine groups is 1. The van der Waals surface area contributed by atoms with Crippen molar-refractivity contribution < 1.29 is 4.79 Å². The zero-order valence-corrected chi connectivity index (χ0v) is 13.6. The van der Waals surface area contributed by atoms with Crippen molar-refractivity contribution in [1.29, 1.82) is 0 Å². The Balaban J connectivity index is 1.86. The molecule has 2 aromatic carbocycles. The van der Waals surface area contributed by atoms with Crippen molar-refractivity contribution in [2.75, 3.05) is 0 Å². The molecule has 2 aromatic rings. The predicted molar refractivity (Wildman–Crippen MR) is 87.9 cm³/mol. The molecule has 0 saturated carbocycles. The molecule has 0 unspecified atom stereocenters. The molecule has 2 rings (SSSR count). The first-order valence-corrected chi connectivity index (χ1v) is 7.47. The van der Waals surface area contributed by atoms with E-state index in [-0.39, 0.29) is 5.91 Å². The van der Waals surface area contributed by atoms with Gasteiger partial charge in [-0.25, -0.2) is 0 Å². The molecule has 20 heavy (non-hydrogen) atoms. The minimum atomic E-state index is -0.184. The maximum Gasteiger partial charge on any atom is 0.269 e. The maximum atomic E-state index is 11.8. The highest BCUT2D eigenvalue weighted by Crippen LogP contribution is 2.12. The molecule has 2 N–H and O–H groups in total. The summed E-state index contributed by atoms with van der Waals surface area (Å²) in [6.45, 7) is 0. The number of nitrogens with one attached hydrogen (secondary N) is 2. The average molecular weight is 396 g/mol. The van der Waals surface area contributed by atoms with Gasteiger partial charge >= 0.3 is 0 Å². The van der Waals surface area contributed by atoms with Gasteiger partial charge in [0, 0.05) is 20.7 Å². The lowest BCUT2D eigenvalue weighted by molar-refractivity contribution is 0.0941. The van der Waals surface area contributed by atoms with Gasteiger partial charge in [0.1, 0.15) is 0 Å². The van der Waals surface area contributed by atoms with Crippen LogP contribution in [0.5, 0.6) is 0 Å². The minimum absolute atomic E-state index is 0.184. The number of amides is 1. The number of carbonyl (C=O) groups excluding carboxylic acids is 1. The molecule has 5 heteroatoms. The van der Waals surface area contributed by atoms with E-state index >= 15 is 0 Å². The maximum absolute atomic E-state index is 11.8. The SMILES string of the molecule is O=C(NN/C=C/c1cccc(Br)c1)c1ccc(Br)cc1. The second-order valence-corrected chi connectivity index (χ2v) is 5.83. The van der Waals surface area contributed by atoms with Crippen LogP contribution in [0.3, 0.4) is 0 Å². The number of benzene rings is 2. The zero-order valence-electron chi connectivity index (χ0n) is 10.4. The lowest BCUT2D eigenvalue weighted by Crippen LogP contribution is -2.33. The van der Waals surface area contributed by atoms with E-state index in [9.17, 15) is 4.79 Å². The normalized spacial score (nSPS) is 10.5. The number of carbonyl (C=O) groups is 1. The molecule has 0 bridgehead atoms. The lowest BCUT2D eigenvalue weighted by atomic mass is 10.2. The minimum Gasteiger partial charge on any atom is -0.306 e. The molecule has 3 nitrogen and oxygen atoms in total. The summed E-state index contributed by atoms with van der Waals surface area (Å²) in [6, 6.07) is 15.0. The zero-order chi connectivity index (χ0) is 14.4. The van der Waals surface area contributed by atoms with Crippen LogP contribution in [-0.2, 0) is 0 Å². The smallest absolute Gasteiger partial charge is 0.269 e. The highest BCUT2D eigenvalue weighted by Gasteiger charge is 2.02. The van der Waals surface area contributed by atoms with Gasteiger partial charge in [0.25, 0.3) is 5.91 Å². The predicted octanol–water partition coefficient (Wildman–Crippen LogP) is 4.12. The van der Waals surface area contributed by atoms with Crippen LogP contribution in [0.1, 0.15) is 15.9 Å². The summed E-state index contributed by atoms with van der Waals surface area (Å²) in [5.74, 6) is -0.184. The summed E-state index contributed by atoms with van der Waals surface area (Å²) in [5.41, 5.74) is 6.99. The van der Waals surface area contributed by atoms with Crippen LogP contribution in [0.15, 0.2) is 63.7 Å². The highest BCUT2D eigenvalue weighted by molar-refractivity contribution is 9.10. The van der Waals surface area contributed by atoms with E-state index < -0.39 is 0 Å². The Kier molecular flexibility index (Phi) is 5.38. The molecule has 102 valence electrons. The molecule has 0 atom stereocenters. The highest BCUT2D eigenvalue weighted by atomic mass is 79.9. The van der Waals surface area contributed by atoms with Crippen molar-refractivity contribution >= 4 is 43.8 Å². The fourth-order valence-corrected chi connectivity index (χ4v) is 2.21. The summed E-state index contributed by atoms with van der Waals surface area (Å²) >= 11 is 6.73. The summed E-state index contributed by atoms with van der Waals surface area (Å²) in [4.78, 5) is 11.8. The van der Waals surface area contributed by atoms with E-state index in [1.165, 1.54) is 0 Å². The molecule has 0 radical (unpaired) electrons. The molecular formula is C15H12Br2N2O. The Morgan fingerprint density at radius 1 is 1.00 bits per heavy atom. The number of hydrogen-bond acceptors (Lipinski definition) is 2. The van der Waals surface area contributed by atoms with Crippen molar-refractivity contribution in [3.05, 3.63) is 74.8 Å². The van der Waals surface area contributed by atoms with Gasteiger partial charge in [0.05, 0.1) is 0 Å². The van der Waals surface area contributed by atoms with Crippen molar-refractivity contribution in [2.24, 2.45) is 0 Å². The van der Waals surface area contributed by atoms with Crippen LogP contribution < -0.4 is 10.9 Å². The standard InChI is InChI=1S/C15H12Br2N2O/c16-13-6-4-12(5-7-13)15(20)19-18-9-8-11-2-1-3-14(17)10-11/h1-10,18H,(H,19,20)/b9-8+. The number of halogens is 2. The van der Waals surface area contributed by atoms with Gasteiger partial charge in [-0.1, -0.05) is 44.0 Å². The molecule has 0 aromatic heterocycles. The second-order valence-electron chi connectivity index (χ2n) is 3.99. The van der Waals surface area contributed by atoms with Gasteiger partial charge in [-0.3, -0.25) is 10.2 Å². The van der Waals surface area contributed by atoms with Gasteiger partial charge in [-0.2, -0.15) is 0 Å². The Bertz CT molecular complexity index is 624. The van der Waals surface area contributed by atoms with E-state index in [0.29, 0.717) is 5.56 Å². The lowest BCUT2D eigenvalue weighted by Gasteiger charge is -2.04. The van der Waals surface area contributed by atoms with Crippen molar-refractivity contribution in [3.63, 3.8) is 0 Å². The molecule has 1 amide bonds. The third kappa shape index (κ3) is 4.51. The number of hydrogen-bond donors (Lipinski definition) is 2. The Morgan fingerprint density at radius 2 is 1.75 bits per heavy atom. The Morgan fingerprint density at radius 3 is 2.45 bits per heavy atom. The van der Waals surface area contributed by atoms with Crippen molar-refractivity contribution in [2.45, 2.75) is 0 Å². The van der Waals surface area contributed by atoms with E-state index in [2.05, 4.69) is 42.7 Å². The first kappa shape index (κ1) is 14.8. The largest absolute Gasteiger partial charge is 0.306 e. The molecule has 0 saturated heterocycles. The topological polar surface area (TPSA) is 41.1 Å². The summed E-state index contributed by atoms with van der Waals surface area (Å²) in [6.07, 6.45) is 3.55. The second kappa shape index (κ2) is 7.26. The van der Waals surface area contributed by atoms with Crippen LogP contribution in [0, 0.1) is 0 Å². The van der Waals surface area contributed by atoms with Gasteiger partial charge in [-0.05, 0) is 48.0 Å². The van der Waals surface area contributed by atoms with Gasteiger partial charge < -0.3 is 5.43 Å².